The van der Waals surface area contributed by atoms with Crippen molar-refractivity contribution < 1.29 is 24.2 Å². The SMILES string of the molecule is COc1cccc2cc(C(O)C(=O)O)oc12. The van der Waals surface area contributed by atoms with E-state index in [0.717, 1.165) is 0 Å². The van der Waals surface area contributed by atoms with Crippen molar-refractivity contribution in [3.8, 4) is 5.75 Å². The van der Waals surface area contributed by atoms with Crippen LogP contribution in [-0.4, -0.2) is 23.3 Å². The van der Waals surface area contributed by atoms with Crippen LogP contribution in [-0.2, 0) is 4.79 Å². The molecule has 84 valence electrons. The minimum Gasteiger partial charge on any atom is -0.493 e. The molecule has 0 aliphatic carbocycles. The Morgan fingerprint density at radius 2 is 2.25 bits per heavy atom. The standard InChI is InChI=1S/C11H10O5/c1-15-7-4-2-3-6-5-8(16-10(6)7)9(12)11(13)14/h2-5,9,12H,1H3,(H,13,14). The van der Waals surface area contributed by atoms with E-state index in [4.69, 9.17) is 14.3 Å². The number of rotatable bonds is 3. The van der Waals surface area contributed by atoms with E-state index in [-0.39, 0.29) is 5.76 Å². The maximum atomic E-state index is 10.6. The zero-order valence-corrected chi connectivity index (χ0v) is 8.51. The molecule has 0 fully saturated rings. The molecule has 2 rings (SSSR count). The van der Waals surface area contributed by atoms with Gasteiger partial charge in [-0.25, -0.2) is 4.79 Å². The van der Waals surface area contributed by atoms with Crippen LogP contribution >= 0.6 is 0 Å². The number of hydrogen-bond acceptors (Lipinski definition) is 4. The van der Waals surface area contributed by atoms with Crippen LogP contribution in [0.15, 0.2) is 28.7 Å². The lowest BCUT2D eigenvalue weighted by Crippen LogP contribution is -2.09. The van der Waals surface area contributed by atoms with Gasteiger partial charge in [-0.3, -0.25) is 0 Å². The highest BCUT2D eigenvalue weighted by molar-refractivity contribution is 5.85. The monoisotopic (exact) mass is 222 g/mol. The van der Waals surface area contributed by atoms with Crippen LogP contribution in [0.25, 0.3) is 11.0 Å². The van der Waals surface area contributed by atoms with E-state index in [0.29, 0.717) is 16.7 Å². The molecule has 0 spiro atoms. The van der Waals surface area contributed by atoms with Crippen LogP contribution in [0.4, 0.5) is 0 Å². The van der Waals surface area contributed by atoms with Gasteiger partial charge in [-0.05, 0) is 12.1 Å². The van der Waals surface area contributed by atoms with Gasteiger partial charge >= 0.3 is 5.97 Å². The fourth-order valence-corrected chi connectivity index (χ4v) is 1.47. The van der Waals surface area contributed by atoms with Gasteiger partial charge in [-0.1, -0.05) is 12.1 Å². The Labute approximate surface area is 90.9 Å². The number of para-hydroxylation sites is 1. The molecule has 1 heterocycles. The minimum absolute atomic E-state index is 0.00741. The van der Waals surface area contributed by atoms with Crippen LogP contribution in [0.5, 0.6) is 5.75 Å². The predicted molar refractivity (Wildman–Crippen MR) is 55.4 cm³/mol. The van der Waals surface area contributed by atoms with Crippen molar-refractivity contribution >= 4 is 16.9 Å². The van der Waals surface area contributed by atoms with Gasteiger partial charge < -0.3 is 19.4 Å². The molecule has 16 heavy (non-hydrogen) atoms. The van der Waals surface area contributed by atoms with Crippen molar-refractivity contribution in [1.82, 2.24) is 0 Å². The predicted octanol–water partition coefficient (Wildman–Crippen LogP) is 1.56. The van der Waals surface area contributed by atoms with Crippen molar-refractivity contribution in [1.29, 1.82) is 0 Å². The van der Waals surface area contributed by atoms with Gasteiger partial charge in [0, 0.05) is 5.39 Å². The molecule has 5 heteroatoms. The third kappa shape index (κ3) is 1.61. The van der Waals surface area contributed by atoms with E-state index >= 15 is 0 Å². The maximum absolute atomic E-state index is 10.6. The van der Waals surface area contributed by atoms with Gasteiger partial charge in [0.05, 0.1) is 7.11 Å². The van der Waals surface area contributed by atoms with Gasteiger partial charge in [0.2, 0.25) is 6.10 Å². The smallest absolute Gasteiger partial charge is 0.340 e. The van der Waals surface area contributed by atoms with E-state index in [1.807, 2.05) is 0 Å². The molecular weight excluding hydrogens is 212 g/mol. The molecule has 0 radical (unpaired) electrons. The normalized spacial score (nSPS) is 12.6. The number of benzene rings is 1. The average Bonchev–Trinajstić information content (AvgIpc) is 2.70. The Morgan fingerprint density at radius 3 is 2.88 bits per heavy atom. The van der Waals surface area contributed by atoms with E-state index < -0.39 is 12.1 Å². The molecule has 5 nitrogen and oxygen atoms in total. The molecule has 0 saturated heterocycles. The topological polar surface area (TPSA) is 79.9 Å². The van der Waals surface area contributed by atoms with Crippen molar-refractivity contribution in [2.24, 2.45) is 0 Å². The summed E-state index contributed by atoms with van der Waals surface area (Å²) in [7, 11) is 1.49. The molecule has 0 amide bonds. The molecule has 1 atom stereocenters. The first kappa shape index (κ1) is 10.5. The lowest BCUT2D eigenvalue weighted by molar-refractivity contribution is -0.147. The first-order valence-electron chi connectivity index (χ1n) is 4.61. The Kier molecular flexibility index (Phi) is 2.54. The molecule has 0 aliphatic rings. The number of methoxy groups -OCH3 is 1. The largest absolute Gasteiger partial charge is 0.493 e. The lowest BCUT2D eigenvalue weighted by atomic mass is 10.2. The van der Waals surface area contributed by atoms with Crippen LogP contribution in [0.1, 0.15) is 11.9 Å². The summed E-state index contributed by atoms with van der Waals surface area (Å²) >= 11 is 0. The molecule has 1 aromatic carbocycles. The second-order valence-electron chi connectivity index (χ2n) is 3.27. The number of aliphatic carboxylic acids is 1. The van der Waals surface area contributed by atoms with E-state index in [2.05, 4.69) is 0 Å². The summed E-state index contributed by atoms with van der Waals surface area (Å²) in [6, 6.07) is 6.69. The second kappa shape index (κ2) is 3.86. The Balaban J connectivity index is 2.55. The fourth-order valence-electron chi connectivity index (χ4n) is 1.47. The Hall–Kier alpha value is -2.01. The number of aliphatic hydroxyl groups is 1. The minimum atomic E-state index is -1.66. The third-order valence-corrected chi connectivity index (χ3v) is 2.25. The third-order valence-electron chi connectivity index (χ3n) is 2.25. The highest BCUT2D eigenvalue weighted by Gasteiger charge is 2.21. The van der Waals surface area contributed by atoms with Crippen molar-refractivity contribution in [2.75, 3.05) is 7.11 Å². The molecule has 2 N–H and O–H groups in total. The van der Waals surface area contributed by atoms with Crippen molar-refractivity contribution in [2.45, 2.75) is 6.10 Å². The Bertz CT molecular complexity index is 528. The van der Waals surface area contributed by atoms with Gasteiger partial charge in [-0.15, -0.1) is 0 Å². The summed E-state index contributed by atoms with van der Waals surface area (Å²) in [5, 5.41) is 18.7. The van der Waals surface area contributed by atoms with Gasteiger partial charge in [0.15, 0.2) is 11.3 Å². The van der Waals surface area contributed by atoms with Gasteiger partial charge in [0.1, 0.15) is 5.76 Å². The summed E-state index contributed by atoms with van der Waals surface area (Å²) in [6.45, 7) is 0. The summed E-state index contributed by atoms with van der Waals surface area (Å²) in [6.07, 6.45) is -1.66. The summed E-state index contributed by atoms with van der Waals surface area (Å²) in [4.78, 5) is 10.6. The summed E-state index contributed by atoms with van der Waals surface area (Å²) in [5.41, 5.74) is 0.431. The van der Waals surface area contributed by atoms with Gasteiger partial charge in [0.25, 0.3) is 0 Å². The first-order chi connectivity index (χ1) is 7.63. The highest BCUT2D eigenvalue weighted by atomic mass is 16.5. The molecule has 0 aliphatic heterocycles. The number of aliphatic hydroxyl groups excluding tert-OH is 1. The van der Waals surface area contributed by atoms with Crippen molar-refractivity contribution in [3.05, 3.63) is 30.0 Å². The molecule has 1 unspecified atom stereocenters. The van der Waals surface area contributed by atoms with Crippen LogP contribution in [0.3, 0.4) is 0 Å². The van der Waals surface area contributed by atoms with Crippen molar-refractivity contribution in [3.63, 3.8) is 0 Å². The number of carbonyl (C=O) groups is 1. The van der Waals surface area contributed by atoms with Crippen LogP contribution < -0.4 is 4.74 Å². The number of hydrogen-bond donors (Lipinski definition) is 2. The summed E-state index contributed by atoms with van der Waals surface area (Å²) < 4.78 is 10.3. The Morgan fingerprint density at radius 1 is 1.50 bits per heavy atom. The number of fused-ring (bicyclic) bond motifs is 1. The zero-order chi connectivity index (χ0) is 11.7. The first-order valence-corrected chi connectivity index (χ1v) is 4.61. The van der Waals surface area contributed by atoms with Crippen LogP contribution in [0, 0.1) is 0 Å². The average molecular weight is 222 g/mol. The fraction of sp³-hybridized carbons (Fsp3) is 0.182. The van der Waals surface area contributed by atoms with Crippen LogP contribution in [0.2, 0.25) is 0 Å². The van der Waals surface area contributed by atoms with E-state index in [1.54, 1.807) is 18.2 Å². The highest BCUT2D eigenvalue weighted by Crippen LogP contribution is 2.30. The summed E-state index contributed by atoms with van der Waals surface area (Å²) in [5.74, 6) is -0.855. The molecular formula is C11H10O5. The molecule has 2 aromatic rings. The zero-order valence-electron chi connectivity index (χ0n) is 8.51. The second-order valence-corrected chi connectivity index (χ2v) is 3.27. The number of furan rings is 1. The maximum Gasteiger partial charge on any atom is 0.340 e. The van der Waals surface area contributed by atoms with E-state index in [9.17, 15) is 9.90 Å². The number of carboxylic acid groups (broad SMARTS) is 1. The molecule has 0 saturated carbocycles. The molecule has 0 bridgehead atoms. The molecule has 1 aromatic heterocycles. The quantitative estimate of drug-likeness (QED) is 0.823. The number of carboxylic acids is 1. The lowest BCUT2D eigenvalue weighted by Gasteiger charge is -2.00. The number of ether oxygens (including phenoxy) is 1. The van der Waals surface area contributed by atoms with Gasteiger partial charge in [-0.2, -0.15) is 0 Å². The van der Waals surface area contributed by atoms with E-state index in [1.165, 1.54) is 13.2 Å².